The van der Waals surface area contributed by atoms with Crippen molar-refractivity contribution in [2.75, 3.05) is 19.5 Å². The highest BCUT2D eigenvalue weighted by molar-refractivity contribution is 5.91. The van der Waals surface area contributed by atoms with Crippen LogP contribution < -0.4 is 24.8 Å². The van der Waals surface area contributed by atoms with Gasteiger partial charge in [-0.2, -0.15) is 0 Å². The molecule has 0 aromatic heterocycles. The number of hydrogen-bond donors (Lipinski definition) is 2. The average Bonchev–Trinajstić information content (AvgIpc) is 2.61. The van der Waals surface area contributed by atoms with Gasteiger partial charge in [-0.25, -0.2) is 4.79 Å². The lowest BCUT2D eigenvalue weighted by molar-refractivity contribution is -0.274. The third-order valence-electron chi connectivity index (χ3n) is 3.61. The second-order valence-electron chi connectivity index (χ2n) is 5.47. The molecule has 0 aliphatic heterocycles. The molecule has 2 amide bonds. The molecule has 2 aromatic rings. The van der Waals surface area contributed by atoms with Crippen molar-refractivity contribution in [3.05, 3.63) is 48.0 Å². The quantitative estimate of drug-likeness (QED) is 0.770. The van der Waals surface area contributed by atoms with Crippen LogP contribution in [0.25, 0.3) is 0 Å². The molecular formula is C18H19F3N2O4. The number of methoxy groups -OCH3 is 2. The number of carbonyl (C=O) groups is 1. The number of ether oxygens (including phenoxy) is 3. The van der Waals surface area contributed by atoms with E-state index in [2.05, 4.69) is 15.4 Å². The van der Waals surface area contributed by atoms with Crippen LogP contribution in [0.4, 0.5) is 23.7 Å². The van der Waals surface area contributed by atoms with Gasteiger partial charge in [0.2, 0.25) is 0 Å². The van der Waals surface area contributed by atoms with E-state index < -0.39 is 24.2 Å². The zero-order valence-corrected chi connectivity index (χ0v) is 14.9. The summed E-state index contributed by atoms with van der Waals surface area (Å²) in [6.07, 6.45) is -4.87. The third kappa shape index (κ3) is 5.70. The van der Waals surface area contributed by atoms with Crippen molar-refractivity contribution in [3.63, 3.8) is 0 Å². The first-order chi connectivity index (χ1) is 12.7. The first-order valence-electron chi connectivity index (χ1n) is 7.87. The van der Waals surface area contributed by atoms with Crippen LogP contribution in [0, 0.1) is 0 Å². The first-order valence-corrected chi connectivity index (χ1v) is 7.87. The molecule has 6 nitrogen and oxygen atoms in total. The van der Waals surface area contributed by atoms with Crippen LogP contribution in [0.2, 0.25) is 0 Å². The Morgan fingerprint density at radius 3 is 2.37 bits per heavy atom. The van der Waals surface area contributed by atoms with E-state index in [1.54, 1.807) is 25.1 Å². The van der Waals surface area contributed by atoms with Crippen molar-refractivity contribution >= 4 is 11.7 Å². The maximum Gasteiger partial charge on any atom is 0.573 e. The van der Waals surface area contributed by atoms with Gasteiger partial charge < -0.3 is 24.8 Å². The summed E-state index contributed by atoms with van der Waals surface area (Å²) in [6.45, 7) is 1.70. The van der Waals surface area contributed by atoms with Crippen molar-refractivity contribution in [1.82, 2.24) is 5.32 Å². The standard InChI is InChI=1S/C18H19F3N2O4/c1-11(13-10-12(25-2)8-9-15(13)26-3)22-17(24)23-14-6-4-5-7-16(14)27-18(19,20)21/h4-11H,1-3H3,(H2,22,23,24). The number of anilines is 1. The number of carbonyl (C=O) groups excluding carboxylic acids is 1. The number of urea groups is 1. The largest absolute Gasteiger partial charge is 0.573 e. The van der Waals surface area contributed by atoms with Gasteiger partial charge in [0.25, 0.3) is 0 Å². The van der Waals surface area contributed by atoms with Crippen molar-refractivity contribution in [2.45, 2.75) is 19.3 Å². The number of hydrogen-bond acceptors (Lipinski definition) is 4. The highest BCUT2D eigenvalue weighted by atomic mass is 19.4. The normalized spacial score (nSPS) is 12.1. The second-order valence-corrected chi connectivity index (χ2v) is 5.47. The van der Waals surface area contributed by atoms with E-state index in [1.165, 1.54) is 32.4 Å². The van der Waals surface area contributed by atoms with Crippen LogP contribution in [0.15, 0.2) is 42.5 Å². The Hall–Kier alpha value is -3.10. The summed E-state index contributed by atoms with van der Waals surface area (Å²) >= 11 is 0. The average molecular weight is 384 g/mol. The van der Waals surface area contributed by atoms with Crippen molar-refractivity contribution in [2.24, 2.45) is 0 Å². The molecule has 146 valence electrons. The zero-order chi connectivity index (χ0) is 20.0. The van der Waals surface area contributed by atoms with Gasteiger partial charge in [0, 0.05) is 5.56 Å². The van der Waals surface area contributed by atoms with Crippen LogP contribution in [0.1, 0.15) is 18.5 Å². The van der Waals surface area contributed by atoms with Gasteiger partial charge in [-0.15, -0.1) is 13.2 Å². The van der Waals surface area contributed by atoms with Gasteiger partial charge >= 0.3 is 12.4 Å². The molecule has 0 aliphatic carbocycles. The van der Waals surface area contributed by atoms with Crippen molar-refractivity contribution in [3.8, 4) is 17.2 Å². The predicted molar refractivity (Wildman–Crippen MR) is 93.2 cm³/mol. The molecule has 1 unspecified atom stereocenters. The van der Waals surface area contributed by atoms with Crippen LogP contribution >= 0.6 is 0 Å². The Balaban J connectivity index is 2.13. The Kier molecular flexibility index (Phi) is 6.38. The summed E-state index contributed by atoms with van der Waals surface area (Å²) in [7, 11) is 3.00. The van der Waals surface area contributed by atoms with Gasteiger partial charge in [0.15, 0.2) is 5.75 Å². The highest BCUT2D eigenvalue weighted by Gasteiger charge is 2.32. The lowest BCUT2D eigenvalue weighted by Gasteiger charge is -2.19. The Bertz CT molecular complexity index is 796. The first kappa shape index (κ1) is 20.2. The summed E-state index contributed by atoms with van der Waals surface area (Å²) in [5.41, 5.74) is 0.531. The molecule has 2 rings (SSSR count). The fourth-order valence-electron chi connectivity index (χ4n) is 2.39. The molecule has 0 bridgehead atoms. The van der Waals surface area contributed by atoms with Crippen LogP contribution in [-0.4, -0.2) is 26.6 Å². The van der Waals surface area contributed by atoms with E-state index in [0.29, 0.717) is 17.1 Å². The Morgan fingerprint density at radius 1 is 1.04 bits per heavy atom. The van der Waals surface area contributed by atoms with Crippen molar-refractivity contribution in [1.29, 1.82) is 0 Å². The van der Waals surface area contributed by atoms with Gasteiger partial charge in [0.1, 0.15) is 11.5 Å². The lowest BCUT2D eigenvalue weighted by atomic mass is 10.1. The highest BCUT2D eigenvalue weighted by Crippen LogP contribution is 2.31. The molecule has 0 aliphatic rings. The Morgan fingerprint density at radius 2 is 1.74 bits per heavy atom. The lowest BCUT2D eigenvalue weighted by Crippen LogP contribution is -2.31. The van der Waals surface area contributed by atoms with E-state index in [0.717, 1.165) is 6.07 Å². The fraction of sp³-hybridized carbons (Fsp3) is 0.278. The van der Waals surface area contributed by atoms with Gasteiger partial charge in [-0.3, -0.25) is 0 Å². The number of rotatable bonds is 6. The minimum Gasteiger partial charge on any atom is -0.497 e. The van der Waals surface area contributed by atoms with Gasteiger partial charge in [-0.05, 0) is 37.3 Å². The summed E-state index contributed by atoms with van der Waals surface area (Å²) in [5.74, 6) is 0.597. The number of nitrogens with one attached hydrogen (secondary N) is 2. The van der Waals surface area contributed by atoms with Crippen molar-refractivity contribution < 1.29 is 32.2 Å². The molecule has 2 aromatic carbocycles. The van der Waals surface area contributed by atoms with Crippen LogP contribution in [0.5, 0.6) is 17.2 Å². The molecule has 0 saturated heterocycles. The molecule has 0 fully saturated rings. The van der Waals surface area contributed by atoms with Crippen LogP contribution in [0.3, 0.4) is 0 Å². The summed E-state index contributed by atoms with van der Waals surface area (Å²) < 4.78 is 51.7. The summed E-state index contributed by atoms with van der Waals surface area (Å²) in [4.78, 5) is 12.2. The van der Waals surface area contributed by atoms with E-state index >= 15 is 0 Å². The number of halogens is 3. The minimum atomic E-state index is -4.87. The molecule has 0 saturated carbocycles. The SMILES string of the molecule is COc1ccc(OC)c(C(C)NC(=O)Nc2ccccc2OC(F)(F)F)c1. The van der Waals surface area contributed by atoms with E-state index in [9.17, 15) is 18.0 Å². The molecule has 27 heavy (non-hydrogen) atoms. The second kappa shape index (κ2) is 8.52. The molecule has 0 spiro atoms. The van der Waals surface area contributed by atoms with E-state index in [-0.39, 0.29) is 5.69 Å². The molecule has 9 heteroatoms. The van der Waals surface area contributed by atoms with E-state index in [1.807, 2.05) is 0 Å². The monoisotopic (exact) mass is 384 g/mol. The van der Waals surface area contributed by atoms with E-state index in [4.69, 9.17) is 9.47 Å². The number of amides is 2. The predicted octanol–water partition coefficient (Wildman–Crippen LogP) is 4.49. The molecule has 2 N–H and O–H groups in total. The minimum absolute atomic E-state index is 0.114. The molecule has 0 heterocycles. The molecular weight excluding hydrogens is 365 g/mol. The maximum absolute atomic E-state index is 12.5. The molecule has 0 radical (unpaired) electrons. The summed E-state index contributed by atoms with van der Waals surface area (Å²) in [6, 6.07) is 9.15. The number of alkyl halides is 3. The van der Waals surface area contributed by atoms with Gasteiger partial charge in [-0.1, -0.05) is 12.1 Å². The Labute approximate surface area is 154 Å². The summed E-state index contributed by atoms with van der Waals surface area (Å²) in [5, 5.41) is 4.99. The molecule has 1 atom stereocenters. The third-order valence-corrected chi connectivity index (χ3v) is 3.61. The maximum atomic E-state index is 12.5. The fourth-order valence-corrected chi connectivity index (χ4v) is 2.39. The smallest absolute Gasteiger partial charge is 0.497 e. The zero-order valence-electron chi connectivity index (χ0n) is 14.9. The van der Waals surface area contributed by atoms with Crippen LogP contribution in [-0.2, 0) is 0 Å². The van der Waals surface area contributed by atoms with Gasteiger partial charge in [0.05, 0.1) is 25.9 Å². The number of para-hydroxylation sites is 2. The topological polar surface area (TPSA) is 68.8 Å². The number of benzene rings is 2.